The summed E-state index contributed by atoms with van der Waals surface area (Å²) in [6.07, 6.45) is 2.63. The van der Waals surface area contributed by atoms with Crippen molar-refractivity contribution in [2.45, 2.75) is 42.9 Å². The van der Waals surface area contributed by atoms with Gasteiger partial charge in [0.15, 0.2) is 5.78 Å². The number of rotatable bonds is 12. The van der Waals surface area contributed by atoms with Gasteiger partial charge in [-0.3, -0.25) is 4.79 Å². The molecule has 0 aliphatic carbocycles. The minimum Gasteiger partial charge on any atom is -0.378 e. The lowest BCUT2D eigenvalue weighted by atomic mass is 9.91. The molecule has 1 heterocycles. The van der Waals surface area contributed by atoms with Crippen molar-refractivity contribution in [2.75, 3.05) is 38.0 Å². The van der Waals surface area contributed by atoms with Gasteiger partial charge in [0.25, 0.3) is 0 Å². The molecule has 0 spiro atoms. The Kier molecular flexibility index (Phi) is 9.78. The predicted molar refractivity (Wildman–Crippen MR) is 157 cm³/mol. The summed E-state index contributed by atoms with van der Waals surface area (Å²) < 4.78 is 54.6. The molecule has 10 heteroatoms. The van der Waals surface area contributed by atoms with Crippen LogP contribution in [0.15, 0.2) is 88.7 Å². The molecule has 0 saturated carbocycles. The first-order chi connectivity index (χ1) is 19.1. The molecule has 0 atom stereocenters. The summed E-state index contributed by atoms with van der Waals surface area (Å²) in [5, 5.41) is 3.03. The summed E-state index contributed by atoms with van der Waals surface area (Å²) in [6, 6.07) is 22.6. The monoisotopic (exact) mass is 583 g/mol. The van der Waals surface area contributed by atoms with Crippen LogP contribution in [0.3, 0.4) is 0 Å². The average Bonchev–Trinajstić information content (AvgIpc) is 2.97. The first-order valence-electron chi connectivity index (χ1n) is 13.7. The Morgan fingerprint density at radius 3 is 1.98 bits per heavy atom. The SMILES string of the molecule is CCN(CC)S(=O)(=O)c1ccc(C(=O)CNc2ccc(S(=O)(=O)N3CCC(Cc4ccccc4)CC3)cc2)cc1. The summed E-state index contributed by atoms with van der Waals surface area (Å²) in [6.45, 7) is 5.30. The molecule has 0 amide bonds. The number of carbonyl (C=O) groups excluding carboxylic acids is 1. The van der Waals surface area contributed by atoms with E-state index < -0.39 is 20.0 Å². The highest BCUT2D eigenvalue weighted by Crippen LogP contribution is 2.27. The van der Waals surface area contributed by atoms with E-state index in [0.717, 1.165) is 19.3 Å². The van der Waals surface area contributed by atoms with Crippen LogP contribution in [-0.2, 0) is 26.5 Å². The van der Waals surface area contributed by atoms with Crippen molar-refractivity contribution in [3.63, 3.8) is 0 Å². The maximum atomic E-state index is 13.2. The number of Topliss-reactive ketones (excluding diaryl/α,β-unsaturated/α-hetero) is 1. The van der Waals surface area contributed by atoms with Gasteiger partial charge in [-0.25, -0.2) is 16.8 Å². The van der Waals surface area contributed by atoms with Gasteiger partial charge >= 0.3 is 0 Å². The Hall–Kier alpha value is -3.05. The number of nitrogens with zero attached hydrogens (tertiary/aromatic N) is 2. The first-order valence-corrected chi connectivity index (χ1v) is 16.5. The van der Waals surface area contributed by atoms with Crippen molar-refractivity contribution >= 4 is 31.5 Å². The Bertz CT molecular complexity index is 1480. The number of carbonyl (C=O) groups is 1. The van der Waals surface area contributed by atoms with Gasteiger partial charge < -0.3 is 5.32 Å². The number of ketones is 1. The summed E-state index contributed by atoms with van der Waals surface area (Å²) >= 11 is 0. The third-order valence-electron chi connectivity index (χ3n) is 7.41. The fourth-order valence-corrected chi connectivity index (χ4v) is 7.93. The molecule has 1 aliphatic heterocycles. The van der Waals surface area contributed by atoms with E-state index in [-0.39, 0.29) is 22.1 Å². The standard InChI is InChI=1S/C30H37N3O5S2/c1-3-32(4-2)39(35,36)28-14-10-26(11-15-28)30(34)23-31-27-12-16-29(17-13-27)40(37,38)33-20-18-25(19-21-33)22-24-8-6-5-7-9-24/h5-17,25,31H,3-4,18-23H2,1-2H3. The zero-order chi connectivity index (χ0) is 28.8. The molecule has 1 N–H and O–H groups in total. The highest BCUT2D eigenvalue weighted by molar-refractivity contribution is 7.89. The third kappa shape index (κ3) is 6.98. The van der Waals surface area contributed by atoms with Crippen LogP contribution in [0.25, 0.3) is 0 Å². The topological polar surface area (TPSA) is 104 Å². The molecule has 0 radical (unpaired) electrons. The van der Waals surface area contributed by atoms with E-state index in [1.54, 1.807) is 42.4 Å². The molecule has 1 saturated heterocycles. The van der Waals surface area contributed by atoms with E-state index in [0.29, 0.717) is 43.3 Å². The normalized spacial score (nSPS) is 15.3. The molecule has 1 fully saturated rings. The smallest absolute Gasteiger partial charge is 0.243 e. The molecule has 3 aromatic carbocycles. The minimum atomic E-state index is -3.59. The van der Waals surface area contributed by atoms with E-state index in [1.165, 1.54) is 34.1 Å². The van der Waals surface area contributed by atoms with Gasteiger partial charge in [0.2, 0.25) is 20.0 Å². The molecule has 0 unspecified atom stereocenters. The number of hydrogen-bond donors (Lipinski definition) is 1. The number of sulfonamides is 2. The summed E-state index contributed by atoms with van der Waals surface area (Å²) in [5.74, 6) is 0.266. The molecule has 8 nitrogen and oxygen atoms in total. The van der Waals surface area contributed by atoms with Crippen molar-refractivity contribution in [2.24, 2.45) is 5.92 Å². The van der Waals surface area contributed by atoms with Gasteiger partial charge in [-0.05, 0) is 79.3 Å². The Labute approximate surface area is 238 Å². The van der Waals surface area contributed by atoms with Crippen LogP contribution in [0, 0.1) is 5.92 Å². The predicted octanol–water partition coefficient (Wildman–Crippen LogP) is 4.66. The Morgan fingerprint density at radius 2 is 1.40 bits per heavy atom. The van der Waals surface area contributed by atoms with Crippen molar-refractivity contribution < 1.29 is 21.6 Å². The van der Waals surface area contributed by atoms with Crippen LogP contribution in [0.5, 0.6) is 0 Å². The molecule has 4 rings (SSSR count). The fraction of sp³-hybridized carbons (Fsp3) is 0.367. The van der Waals surface area contributed by atoms with E-state index in [1.807, 2.05) is 18.2 Å². The average molecular weight is 584 g/mol. The first kappa shape index (κ1) is 29.9. The van der Waals surface area contributed by atoms with E-state index >= 15 is 0 Å². The van der Waals surface area contributed by atoms with Gasteiger partial charge in [0, 0.05) is 37.4 Å². The lowest BCUT2D eigenvalue weighted by molar-refractivity contribution is 0.101. The van der Waals surface area contributed by atoms with Crippen LogP contribution in [-0.4, -0.2) is 64.0 Å². The van der Waals surface area contributed by atoms with E-state index in [2.05, 4.69) is 17.4 Å². The van der Waals surface area contributed by atoms with Crippen LogP contribution < -0.4 is 5.32 Å². The molecule has 1 aliphatic rings. The van der Waals surface area contributed by atoms with Gasteiger partial charge in [-0.2, -0.15) is 8.61 Å². The second-order valence-corrected chi connectivity index (χ2v) is 13.8. The number of piperidine rings is 1. The Morgan fingerprint density at radius 1 is 0.825 bits per heavy atom. The Balaban J connectivity index is 1.30. The largest absolute Gasteiger partial charge is 0.378 e. The zero-order valence-corrected chi connectivity index (χ0v) is 24.6. The van der Waals surface area contributed by atoms with Gasteiger partial charge in [-0.15, -0.1) is 0 Å². The fourth-order valence-electron chi connectivity index (χ4n) is 5.00. The molecular weight excluding hydrogens is 546 g/mol. The lowest BCUT2D eigenvalue weighted by Crippen LogP contribution is -2.38. The maximum absolute atomic E-state index is 13.2. The number of hydrogen-bond acceptors (Lipinski definition) is 6. The zero-order valence-electron chi connectivity index (χ0n) is 23.0. The van der Waals surface area contributed by atoms with Crippen molar-refractivity contribution in [1.29, 1.82) is 0 Å². The number of nitrogens with one attached hydrogen (secondary N) is 1. The molecule has 3 aromatic rings. The molecule has 40 heavy (non-hydrogen) atoms. The van der Waals surface area contributed by atoms with Crippen LogP contribution >= 0.6 is 0 Å². The minimum absolute atomic E-state index is 0.0107. The van der Waals surface area contributed by atoms with Crippen LogP contribution in [0.1, 0.15) is 42.6 Å². The molecular formula is C30H37N3O5S2. The number of benzene rings is 3. The second kappa shape index (κ2) is 13.1. The highest BCUT2D eigenvalue weighted by Gasteiger charge is 2.29. The second-order valence-electron chi connectivity index (χ2n) is 9.95. The summed E-state index contributed by atoms with van der Waals surface area (Å²) in [5.41, 5.74) is 2.29. The van der Waals surface area contributed by atoms with Gasteiger partial charge in [0.05, 0.1) is 16.3 Å². The highest BCUT2D eigenvalue weighted by atomic mass is 32.2. The molecule has 214 valence electrons. The van der Waals surface area contributed by atoms with Crippen molar-refractivity contribution in [3.8, 4) is 0 Å². The van der Waals surface area contributed by atoms with Gasteiger partial charge in [0.1, 0.15) is 0 Å². The van der Waals surface area contributed by atoms with E-state index in [9.17, 15) is 21.6 Å². The third-order valence-corrected chi connectivity index (χ3v) is 11.4. The van der Waals surface area contributed by atoms with Crippen molar-refractivity contribution in [1.82, 2.24) is 8.61 Å². The van der Waals surface area contributed by atoms with Crippen molar-refractivity contribution in [3.05, 3.63) is 90.0 Å². The lowest BCUT2D eigenvalue weighted by Gasteiger charge is -2.31. The summed E-state index contributed by atoms with van der Waals surface area (Å²) in [7, 11) is -7.18. The summed E-state index contributed by atoms with van der Waals surface area (Å²) in [4.78, 5) is 13.1. The van der Waals surface area contributed by atoms with Crippen LogP contribution in [0.4, 0.5) is 5.69 Å². The molecule has 0 aromatic heterocycles. The van der Waals surface area contributed by atoms with Crippen LogP contribution in [0.2, 0.25) is 0 Å². The van der Waals surface area contributed by atoms with E-state index in [4.69, 9.17) is 0 Å². The number of anilines is 1. The quantitative estimate of drug-likeness (QED) is 0.311. The molecule has 0 bridgehead atoms. The maximum Gasteiger partial charge on any atom is 0.243 e. The van der Waals surface area contributed by atoms with Gasteiger partial charge in [-0.1, -0.05) is 44.2 Å².